The van der Waals surface area contributed by atoms with Crippen LogP contribution in [0.4, 0.5) is 0 Å². The summed E-state index contributed by atoms with van der Waals surface area (Å²) in [6.45, 7) is 8.59. The largest absolute Gasteiger partial charge is 0.286 e. The summed E-state index contributed by atoms with van der Waals surface area (Å²) in [6, 6.07) is 2.59. The van der Waals surface area contributed by atoms with E-state index in [2.05, 4.69) is 31.7 Å². The molecule has 1 fully saturated rings. The van der Waals surface area contributed by atoms with Crippen molar-refractivity contribution in [3.05, 3.63) is 0 Å². The zero-order valence-corrected chi connectivity index (χ0v) is 10.4. The Morgan fingerprint density at radius 3 is 2.07 bits per heavy atom. The van der Waals surface area contributed by atoms with Crippen molar-refractivity contribution in [3.8, 4) is 6.07 Å². The van der Waals surface area contributed by atoms with Crippen LogP contribution in [0.5, 0.6) is 0 Å². The van der Waals surface area contributed by atoms with Crippen molar-refractivity contribution in [1.82, 2.24) is 4.90 Å². The molecular weight excluding hydrogens is 184 g/mol. The van der Waals surface area contributed by atoms with Crippen LogP contribution in [-0.4, -0.2) is 23.5 Å². The van der Waals surface area contributed by atoms with Crippen LogP contribution in [-0.2, 0) is 0 Å². The molecule has 0 unspecified atom stereocenters. The molecule has 86 valence electrons. The molecule has 0 heterocycles. The van der Waals surface area contributed by atoms with Crippen LogP contribution in [0.3, 0.4) is 0 Å². The summed E-state index contributed by atoms with van der Waals surface area (Å²) < 4.78 is 0. The lowest BCUT2D eigenvalue weighted by Gasteiger charge is -2.42. The molecule has 0 spiro atoms. The predicted octanol–water partition coefficient (Wildman–Crippen LogP) is 3.19. The van der Waals surface area contributed by atoms with Crippen LogP contribution in [0.2, 0.25) is 0 Å². The molecule has 1 rings (SSSR count). The second-order valence-corrected chi connectivity index (χ2v) is 4.67. The monoisotopic (exact) mass is 208 g/mol. The number of nitriles is 1. The SMILES string of the molecule is CCC1CCC(C#N)(N(CC)CC)CC1. The van der Waals surface area contributed by atoms with Crippen molar-refractivity contribution in [2.24, 2.45) is 5.92 Å². The summed E-state index contributed by atoms with van der Waals surface area (Å²) >= 11 is 0. The van der Waals surface area contributed by atoms with E-state index in [0.29, 0.717) is 0 Å². The van der Waals surface area contributed by atoms with Gasteiger partial charge in [-0.1, -0.05) is 27.2 Å². The Bertz CT molecular complexity index is 217. The van der Waals surface area contributed by atoms with Crippen LogP contribution >= 0.6 is 0 Å². The summed E-state index contributed by atoms with van der Waals surface area (Å²) in [5.74, 6) is 0.863. The van der Waals surface area contributed by atoms with Gasteiger partial charge < -0.3 is 0 Å². The van der Waals surface area contributed by atoms with E-state index in [1.165, 1.54) is 19.3 Å². The van der Waals surface area contributed by atoms with Crippen molar-refractivity contribution in [2.75, 3.05) is 13.1 Å². The maximum absolute atomic E-state index is 9.44. The highest BCUT2D eigenvalue weighted by Crippen LogP contribution is 2.37. The quantitative estimate of drug-likeness (QED) is 0.709. The molecule has 0 bridgehead atoms. The van der Waals surface area contributed by atoms with Crippen LogP contribution < -0.4 is 0 Å². The van der Waals surface area contributed by atoms with Gasteiger partial charge in [-0.2, -0.15) is 5.26 Å². The maximum Gasteiger partial charge on any atom is 0.109 e. The van der Waals surface area contributed by atoms with Gasteiger partial charge in [-0.25, -0.2) is 0 Å². The average molecular weight is 208 g/mol. The summed E-state index contributed by atoms with van der Waals surface area (Å²) in [4.78, 5) is 2.35. The first-order chi connectivity index (χ1) is 7.22. The molecule has 0 aromatic heterocycles. The standard InChI is InChI=1S/C13H24N2/c1-4-12-7-9-13(11-14,10-8-12)15(5-2)6-3/h12H,4-10H2,1-3H3. The van der Waals surface area contributed by atoms with Gasteiger partial charge in [0.25, 0.3) is 0 Å². The molecule has 1 aliphatic rings. The normalized spacial score (nSPS) is 31.5. The number of nitrogens with zero attached hydrogens (tertiary/aromatic N) is 2. The van der Waals surface area contributed by atoms with Gasteiger partial charge in [-0.15, -0.1) is 0 Å². The van der Waals surface area contributed by atoms with E-state index in [9.17, 15) is 5.26 Å². The minimum absolute atomic E-state index is 0.144. The molecule has 0 aliphatic heterocycles. The fourth-order valence-electron chi connectivity index (χ4n) is 2.89. The molecule has 2 nitrogen and oxygen atoms in total. The lowest BCUT2D eigenvalue weighted by atomic mass is 9.75. The van der Waals surface area contributed by atoms with Gasteiger partial charge in [0.1, 0.15) is 5.54 Å². The highest BCUT2D eigenvalue weighted by atomic mass is 15.2. The van der Waals surface area contributed by atoms with Crippen LogP contribution in [0, 0.1) is 17.2 Å². The topological polar surface area (TPSA) is 27.0 Å². The Morgan fingerprint density at radius 2 is 1.73 bits per heavy atom. The molecule has 0 aromatic rings. The lowest BCUT2D eigenvalue weighted by Crippen LogP contribution is -2.49. The van der Waals surface area contributed by atoms with Crippen molar-refractivity contribution < 1.29 is 0 Å². The highest BCUT2D eigenvalue weighted by Gasteiger charge is 2.38. The van der Waals surface area contributed by atoms with Crippen LogP contribution in [0.1, 0.15) is 52.9 Å². The summed E-state index contributed by atoms with van der Waals surface area (Å²) in [7, 11) is 0. The minimum atomic E-state index is -0.144. The number of hydrogen-bond donors (Lipinski definition) is 0. The molecule has 0 saturated heterocycles. The molecular formula is C13H24N2. The molecule has 15 heavy (non-hydrogen) atoms. The van der Waals surface area contributed by atoms with Gasteiger partial charge in [-0.3, -0.25) is 4.90 Å². The Morgan fingerprint density at radius 1 is 1.20 bits per heavy atom. The van der Waals surface area contributed by atoms with E-state index in [1.807, 2.05) is 0 Å². The lowest BCUT2D eigenvalue weighted by molar-refractivity contribution is 0.0901. The Balaban J connectivity index is 2.68. The van der Waals surface area contributed by atoms with E-state index >= 15 is 0 Å². The second-order valence-electron chi connectivity index (χ2n) is 4.67. The number of hydrogen-bond acceptors (Lipinski definition) is 2. The van der Waals surface area contributed by atoms with E-state index in [0.717, 1.165) is 31.8 Å². The Hall–Kier alpha value is -0.550. The maximum atomic E-state index is 9.44. The van der Waals surface area contributed by atoms with Crippen molar-refractivity contribution in [1.29, 1.82) is 5.26 Å². The predicted molar refractivity (Wildman–Crippen MR) is 63.5 cm³/mol. The van der Waals surface area contributed by atoms with E-state index in [-0.39, 0.29) is 5.54 Å². The average Bonchev–Trinajstić information content (AvgIpc) is 2.31. The minimum Gasteiger partial charge on any atom is -0.286 e. The van der Waals surface area contributed by atoms with Crippen molar-refractivity contribution in [2.45, 2.75) is 58.4 Å². The molecule has 2 heteroatoms. The van der Waals surface area contributed by atoms with Crippen LogP contribution in [0.15, 0.2) is 0 Å². The van der Waals surface area contributed by atoms with Gasteiger partial charge >= 0.3 is 0 Å². The third kappa shape index (κ3) is 2.52. The molecule has 0 aromatic carbocycles. The Labute approximate surface area is 94.3 Å². The third-order valence-corrected chi connectivity index (χ3v) is 4.09. The first-order valence-electron chi connectivity index (χ1n) is 6.38. The van der Waals surface area contributed by atoms with Gasteiger partial charge in [0, 0.05) is 0 Å². The first kappa shape index (κ1) is 12.5. The smallest absolute Gasteiger partial charge is 0.109 e. The van der Waals surface area contributed by atoms with Crippen LogP contribution in [0.25, 0.3) is 0 Å². The fourth-order valence-corrected chi connectivity index (χ4v) is 2.89. The zero-order chi connectivity index (χ0) is 11.3. The first-order valence-corrected chi connectivity index (χ1v) is 6.38. The molecule has 1 saturated carbocycles. The number of rotatable bonds is 4. The summed E-state index contributed by atoms with van der Waals surface area (Å²) in [5.41, 5.74) is -0.144. The zero-order valence-electron chi connectivity index (χ0n) is 10.4. The summed E-state index contributed by atoms with van der Waals surface area (Å²) in [5, 5.41) is 9.44. The molecule has 0 radical (unpaired) electrons. The highest BCUT2D eigenvalue weighted by molar-refractivity contribution is 5.10. The van der Waals surface area contributed by atoms with E-state index < -0.39 is 0 Å². The van der Waals surface area contributed by atoms with Gasteiger partial charge in [0.05, 0.1) is 6.07 Å². The van der Waals surface area contributed by atoms with E-state index in [1.54, 1.807) is 0 Å². The molecule has 0 amide bonds. The molecule has 1 aliphatic carbocycles. The van der Waals surface area contributed by atoms with Crippen molar-refractivity contribution in [3.63, 3.8) is 0 Å². The fraction of sp³-hybridized carbons (Fsp3) is 0.923. The van der Waals surface area contributed by atoms with Gasteiger partial charge in [0.15, 0.2) is 0 Å². The molecule has 0 atom stereocenters. The molecule has 0 N–H and O–H groups in total. The Kier molecular flexibility index (Phi) is 4.60. The second kappa shape index (κ2) is 5.51. The van der Waals surface area contributed by atoms with Gasteiger partial charge in [0.2, 0.25) is 0 Å². The van der Waals surface area contributed by atoms with Crippen molar-refractivity contribution >= 4 is 0 Å². The van der Waals surface area contributed by atoms with Gasteiger partial charge in [-0.05, 0) is 44.7 Å². The van der Waals surface area contributed by atoms with E-state index in [4.69, 9.17) is 0 Å². The third-order valence-electron chi connectivity index (χ3n) is 4.09. The summed E-state index contributed by atoms with van der Waals surface area (Å²) in [6.07, 6.45) is 5.90.